The molecule has 12 fully saturated rings. The van der Waals surface area contributed by atoms with Crippen molar-refractivity contribution in [1.82, 2.24) is 53.8 Å². The number of piperidine rings is 8. The molecule has 6 N–H and O–H groups in total. The summed E-state index contributed by atoms with van der Waals surface area (Å²) in [5, 5.41) is 18.0. The van der Waals surface area contributed by atoms with E-state index in [9.17, 15) is 93.8 Å². The second-order valence-corrected chi connectivity index (χ2v) is 41.0. The summed E-state index contributed by atoms with van der Waals surface area (Å²) in [5.74, 6) is -7.70. The molecule has 11 aliphatic heterocycles. The molecule has 150 heavy (non-hydrogen) atoms. The van der Waals surface area contributed by atoms with Gasteiger partial charge in [0.2, 0.25) is 21.7 Å². The molecule has 7 amide bonds. The molecule has 37 heteroatoms. The number of Topliss-reactive ketones (excluding diaryl/α,β-unsaturated/α-hetero) is 1. The van der Waals surface area contributed by atoms with Gasteiger partial charge in [0, 0.05) is 143 Å². The minimum absolute atomic E-state index is 0.0104. The number of rotatable bonds is 24. The van der Waals surface area contributed by atoms with Crippen LogP contribution in [0.3, 0.4) is 0 Å². The zero-order valence-corrected chi connectivity index (χ0v) is 84.3. The van der Waals surface area contributed by atoms with Crippen molar-refractivity contribution in [3.8, 4) is 23.0 Å². The number of amides is 7. The third kappa shape index (κ3) is 22.7. The third-order valence-electron chi connectivity index (χ3n) is 30.6. The number of nitrogens with two attached hydrogens (primary N) is 1. The molecule has 4 aliphatic carbocycles. The van der Waals surface area contributed by atoms with Crippen LogP contribution in [0, 0.1) is 58.6 Å². The third-order valence-corrected chi connectivity index (χ3v) is 30.6. The van der Waals surface area contributed by atoms with Crippen molar-refractivity contribution in [3.63, 3.8) is 0 Å². The van der Waals surface area contributed by atoms with E-state index in [0.29, 0.717) is 55.4 Å². The van der Waals surface area contributed by atoms with E-state index in [1.165, 1.54) is 60.7 Å². The van der Waals surface area contributed by atoms with Crippen LogP contribution >= 0.6 is 0 Å². The van der Waals surface area contributed by atoms with Crippen molar-refractivity contribution < 1.29 is 98.3 Å². The highest BCUT2D eigenvalue weighted by Gasteiger charge is 2.54. The number of fused-ring (bicyclic) bond motifs is 12. The second kappa shape index (κ2) is 46.1. The van der Waals surface area contributed by atoms with Crippen LogP contribution in [0.2, 0.25) is 0 Å². The first kappa shape index (κ1) is 106. The van der Waals surface area contributed by atoms with Crippen LogP contribution in [-0.4, -0.2) is 164 Å². The molecule has 4 aromatic heterocycles. The van der Waals surface area contributed by atoms with Crippen molar-refractivity contribution in [2.24, 2.45) is 29.4 Å². The Morgan fingerprint density at radius 1 is 0.433 bits per heavy atom. The molecule has 8 bridgehead atoms. The number of hydrogen-bond donors (Lipinski definition) is 5. The van der Waals surface area contributed by atoms with Gasteiger partial charge in [-0.05, 0) is 195 Å². The Hall–Kier alpha value is -14.9. The average molecular weight is 2070 g/mol. The first-order valence-electron chi connectivity index (χ1n) is 51.4. The van der Waals surface area contributed by atoms with Gasteiger partial charge >= 0.3 is 12.1 Å². The SMILES string of the molecule is CCCC(=O)c1c(OCc2ccccc2)c(=O)c(C(=O)NC)cn1C[C@@H]1C2CCC(CC2)N1C(=O)OC(C)(C)C.CCOC(=O)c1cn2c(c(OCc3ccccc3)c1=O)C(=O)N1C3CCC(CC3)[C@H]1C2.NCc1ccc(F)cc1F.O=C(NCc1ccc(F)cc1F)c1cn2c(c(O)c1=O)C(=O)N1C3CCC(CC3)[C@H]1C2.O=C(NCc1ccc(F)cc1F)c1cn2c(c(OCc3ccccc3)c1=O)C(=O)N1C3CCC(CC3)[C@H]1C2. The number of ketones is 1. The number of carbonyl (C=O) groups excluding carboxylic acids is 9. The van der Waals surface area contributed by atoms with Gasteiger partial charge in [0.15, 0.2) is 45.9 Å². The van der Waals surface area contributed by atoms with Gasteiger partial charge in [-0.2, -0.15) is 0 Å². The zero-order valence-electron chi connectivity index (χ0n) is 84.3. The minimum Gasteiger partial charge on any atom is -0.503 e. The lowest BCUT2D eigenvalue weighted by atomic mass is 9.73. The molecular weight excluding hydrogens is 1940 g/mol. The van der Waals surface area contributed by atoms with E-state index in [0.717, 1.165) is 144 Å². The minimum atomic E-state index is -0.947. The molecular formula is C113H122F6N12O19. The Morgan fingerprint density at radius 2 is 0.800 bits per heavy atom. The maximum Gasteiger partial charge on any atom is 0.410 e. The number of carbonyl (C=O) groups is 9. The monoisotopic (exact) mass is 2060 g/mol. The number of hydrogen-bond acceptors (Lipinski definition) is 20. The number of halogens is 6. The van der Waals surface area contributed by atoms with Crippen molar-refractivity contribution in [2.45, 2.75) is 270 Å². The number of aromatic nitrogens is 4. The van der Waals surface area contributed by atoms with E-state index in [-0.39, 0.29) is 216 Å². The molecule has 15 aliphatic rings. The van der Waals surface area contributed by atoms with Gasteiger partial charge in [0.25, 0.3) is 35.4 Å². The van der Waals surface area contributed by atoms with E-state index in [1.54, 1.807) is 20.6 Å². The van der Waals surface area contributed by atoms with Gasteiger partial charge in [-0.25, -0.2) is 35.9 Å². The molecule has 0 radical (unpaired) electrons. The summed E-state index contributed by atoms with van der Waals surface area (Å²) in [4.78, 5) is 179. The molecule has 790 valence electrons. The maximum absolute atomic E-state index is 14.1. The van der Waals surface area contributed by atoms with Gasteiger partial charge in [-0.15, -0.1) is 0 Å². The lowest BCUT2D eigenvalue weighted by molar-refractivity contribution is -0.0450. The van der Waals surface area contributed by atoms with Crippen LogP contribution in [0.5, 0.6) is 23.0 Å². The zero-order chi connectivity index (χ0) is 106. The normalized spacial score (nSPS) is 21.4. The number of benzene rings is 6. The quantitative estimate of drug-likeness (QED) is 0.0213. The summed E-state index contributed by atoms with van der Waals surface area (Å²) >= 11 is 0. The fourth-order valence-corrected chi connectivity index (χ4v) is 23.3. The molecule has 4 saturated carbocycles. The molecule has 6 aromatic carbocycles. The first-order valence-corrected chi connectivity index (χ1v) is 51.4. The van der Waals surface area contributed by atoms with Crippen LogP contribution < -0.4 is 57.6 Å². The molecule has 31 nitrogen and oxygen atoms in total. The number of nitrogens with zero attached hydrogens (tertiary/aromatic N) is 8. The van der Waals surface area contributed by atoms with Crippen molar-refractivity contribution >= 4 is 53.3 Å². The summed E-state index contributed by atoms with van der Waals surface area (Å²) in [7, 11) is 1.46. The molecule has 8 saturated heterocycles. The first-order chi connectivity index (χ1) is 72.1. The van der Waals surface area contributed by atoms with E-state index in [1.807, 2.05) is 138 Å². The average Bonchev–Trinajstić information content (AvgIpc) is 0.735. The van der Waals surface area contributed by atoms with Crippen molar-refractivity contribution in [1.29, 1.82) is 0 Å². The molecule has 0 spiro atoms. The highest BCUT2D eigenvalue weighted by Crippen LogP contribution is 2.49. The Morgan fingerprint density at radius 3 is 1.20 bits per heavy atom. The summed E-state index contributed by atoms with van der Waals surface area (Å²) in [5.41, 5.74) is 4.37. The molecule has 10 aromatic rings. The smallest absolute Gasteiger partial charge is 0.410 e. The fourth-order valence-electron chi connectivity index (χ4n) is 23.3. The Balaban J connectivity index is 0.000000132. The Kier molecular flexibility index (Phi) is 32.7. The van der Waals surface area contributed by atoms with Crippen molar-refractivity contribution in [3.05, 3.63) is 325 Å². The maximum atomic E-state index is 14.1. The van der Waals surface area contributed by atoms with Gasteiger partial charge < -0.3 is 88.3 Å². The van der Waals surface area contributed by atoms with Crippen LogP contribution in [0.4, 0.5) is 31.1 Å². The van der Waals surface area contributed by atoms with E-state index in [4.69, 9.17) is 29.4 Å². The predicted molar refractivity (Wildman–Crippen MR) is 539 cm³/mol. The van der Waals surface area contributed by atoms with Crippen LogP contribution in [-0.2, 0) is 75.1 Å². The predicted octanol–water partition coefficient (Wildman–Crippen LogP) is 15.6. The lowest BCUT2D eigenvalue weighted by Crippen LogP contribution is -2.62. The number of nitrogens with one attached hydrogen (secondary N) is 3. The summed E-state index contributed by atoms with van der Waals surface area (Å²) in [6.45, 7) is 10.9. The van der Waals surface area contributed by atoms with E-state index >= 15 is 0 Å². The molecule has 25 rings (SSSR count). The highest BCUT2D eigenvalue weighted by molar-refractivity contribution is 6.03. The largest absolute Gasteiger partial charge is 0.503 e. The van der Waals surface area contributed by atoms with Crippen LogP contribution in [0.15, 0.2) is 190 Å². The standard InChI is InChI=1S/C31H41N3O6.C29H27F2N3O4.C24H26N2O5.C22H21F2N3O4.C7H7F2N/c1-6-10-25(35)26-28(39-19-20-11-8-7-9-12-20)27(36)23(29(37)32-5)17-33(26)18-24-21-13-15-22(16-14-21)34(24)30(38)40-31(2,3)4;30-20-9-6-19(23(31)12-20)13-32-28(36)22-14-33-15-24-18-7-10-21(11-8-18)34(24)29(37)25(33)27(26(22)35)38-16-17-4-2-1-3-5-17;1-2-30-24(29)18-12-25-13-19-16-8-10-17(11-9-16)26(19)23(28)20(25)22(21(18)27)31-14-15-6-4-3-5-7-15;23-13-4-1-12(16(24)7-13)8-25-21(30)15-9-26-10-17-11-2-5-14(6-3-11)27(17)22(31)18(26)20(29)19(15)28;8-6-2-1-5(4-10)7(9)3-6/h7-9,11-12,17,21-22,24H,6,10,13-16,18-19H2,1-5H3,(H,32,37);1-6,9,12,14,18,21,24H,7-8,10-11,13,15-16H2,(H,32,36);3-7,12,16-17,19H,2,8-11,13-14H2,1H3;1,4,7,9,11,14,17,29H,2-3,5-6,8,10H2,(H,25,30);1-3H,4,10H2/t21?,22?,24-;18?,21?,24-;16?,17?,19-;11?,14?,17-;/m1111./s1. The lowest BCUT2D eigenvalue weighted by Gasteiger charge is -2.54. The topological polar surface area (TPSA) is 383 Å². The van der Waals surface area contributed by atoms with E-state index < -0.39 is 91.7 Å². The Labute approximate surface area is 861 Å². The summed E-state index contributed by atoms with van der Waals surface area (Å²) in [6, 6.07) is 37.8. The summed E-state index contributed by atoms with van der Waals surface area (Å²) in [6.07, 6.45) is 22.1. The number of ether oxygens (including phenoxy) is 5. The second-order valence-electron chi connectivity index (χ2n) is 41.0. The van der Waals surface area contributed by atoms with Gasteiger partial charge in [-0.1, -0.05) is 116 Å². The molecule has 4 atom stereocenters. The number of aromatic hydroxyl groups is 1. The molecule has 15 heterocycles. The van der Waals surface area contributed by atoms with Crippen LogP contribution in [0.1, 0.15) is 267 Å². The number of pyridine rings is 4. The van der Waals surface area contributed by atoms with Gasteiger partial charge in [0.05, 0.1) is 30.8 Å². The van der Waals surface area contributed by atoms with Crippen LogP contribution in [0.25, 0.3) is 0 Å². The summed E-state index contributed by atoms with van der Waals surface area (Å²) < 4.78 is 114. The van der Waals surface area contributed by atoms with Gasteiger partial charge in [0.1, 0.15) is 88.3 Å². The fraction of sp³-hybridized carbons (Fsp3) is 0.425. The highest BCUT2D eigenvalue weighted by atomic mass is 19.2. The molecule has 0 unspecified atom stereocenters. The van der Waals surface area contributed by atoms with Crippen molar-refractivity contribution in [2.75, 3.05) is 13.7 Å². The van der Waals surface area contributed by atoms with Gasteiger partial charge in [-0.3, -0.25) is 52.7 Å². The van der Waals surface area contributed by atoms with E-state index in [2.05, 4.69) is 16.0 Å². The Bertz CT molecular complexity index is 7050. The number of esters is 1.